The van der Waals surface area contributed by atoms with Gasteiger partial charge in [-0.05, 0) is 13.3 Å². The summed E-state index contributed by atoms with van der Waals surface area (Å²) in [7, 11) is 0. The van der Waals surface area contributed by atoms with Crippen molar-refractivity contribution in [3.63, 3.8) is 0 Å². The lowest BCUT2D eigenvalue weighted by Gasteiger charge is -2.07. The van der Waals surface area contributed by atoms with Gasteiger partial charge in [0.1, 0.15) is 0 Å². The van der Waals surface area contributed by atoms with Crippen molar-refractivity contribution in [3.05, 3.63) is 0 Å². The summed E-state index contributed by atoms with van der Waals surface area (Å²) in [5.41, 5.74) is 2.31. The molecule has 0 radical (unpaired) electrons. The molecule has 0 aliphatic carbocycles. The molecular weight excluding hydrogens is 112 g/mol. The Morgan fingerprint density at radius 1 is 1.33 bits per heavy atom. The second kappa shape index (κ2) is 2.76. The average molecular weight is 124 g/mol. The van der Waals surface area contributed by atoms with Gasteiger partial charge in [-0.2, -0.15) is 0 Å². The minimum atomic E-state index is 0.884. The molecule has 0 N–H and O–H groups in total. The smallest absolute Gasteiger partial charge is 0.0589 e. The van der Waals surface area contributed by atoms with Crippen molar-refractivity contribution in [1.82, 2.24) is 0 Å². The van der Waals surface area contributed by atoms with Crippen LogP contribution in [0.5, 0.6) is 0 Å². The summed E-state index contributed by atoms with van der Waals surface area (Å²) in [5.74, 6) is 0. The van der Waals surface area contributed by atoms with Crippen molar-refractivity contribution >= 4 is 11.4 Å². The van der Waals surface area contributed by atoms with Crippen LogP contribution in [-0.4, -0.2) is 24.5 Å². The molecule has 1 heterocycles. The summed E-state index contributed by atoms with van der Waals surface area (Å²) >= 11 is 0. The van der Waals surface area contributed by atoms with Gasteiger partial charge in [-0.25, -0.2) is 0 Å². The van der Waals surface area contributed by atoms with Crippen LogP contribution in [0.1, 0.15) is 20.3 Å². The molecular formula is C7H12N2. The zero-order valence-corrected chi connectivity index (χ0v) is 6.02. The highest BCUT2D eigenvalue weighted by Gasteiger charge is 2.02. The standard InChI is InChI=1S/C7H12N2/c1-3-7-6(2)8-4-5-9-7/h3-5H2,1-2H3. The predicted octanol–water partition coefficient (Wildman–Crippen LogP) is 1.31. The topological polar surface area (TPSA) is 24.7 Å². The normalized spacial score (nSPS) is 18.9. The first-order valence-corrected chi connectivity index (χ1v) is 3.39. The summed E-state index contributed by atoms with van der Waals surface area (Å²) < 4.78 is 0. The fourth-order valence-electron chi connectivity index (χ4n) is 0.976. The molecule has 0 spiro atoms. The molecule has 1 aliphatic heterocycles. The van der Waals surface area contributed by atoms with E-state index in [2.05, 4.69) is 16.9 Å². The predicted molar refractivity (Wildman–Crippen MR) is 40.6 cm³/mol. The number of hydrogen-bond donors (Lipinski definition) is 0. The van der Waals surface area contributed by atoms with Crippen LogP contribution in [0.25, 0.3) is 0 Å². The quantitative estimate of drug-likeness (QED) is 0.503. The summed E-state index contributed by atoms with van der Waals surface area (Å²) in [5, 5.41) is 0. The van der Waals surface area contributed by atoms with Gasteiger partial charge in [-0.1, -0.05) is 6.92 Å². The molecule has 9 heavy (non-hydrogen) atoms. The summed E-state index contributed by atoms with van der Waals surface area (Å²) in [6.07, 6.45) is 1.02. The van der Waals surface area contributed by atoms with Gasteiger partial charge in [0.15, 0.2) is 0 Å². The molecule has 0 unspecified atom stereocenters. The van der Waals surface area contributed by atoms with Crippen LogP contribution in [0.15, 0.2) is 9.98 Å². The molecule has 0 fully saturated rings. The summed E-state index contributed by atoms with van der Waals surface area (Å²) in [6, 6.07) is 0. The van der Waals surface area contributed by atoms with E-state index in [1.165, 1.54) is 5.71 Å². The zero-order valence-electron chi connectivity index (χ0n) is 6.02. The average Bonchev–Trinajstić information content (AvgIpc) is 1.89. The van der Waals surface area contributed by atoms with Crippen molar-refractivity contribution in [3.8, 4) is 0 Å². The SMILES string of the molecule is CCC1=NCCN=C1C. The van der Waals surface area contributed by atoms with E-state index in [1.807, 2.05) is 6.92 Å². The van der Waals surface area contributed by atoms with E-state index in [-0.39, 0.29) is 0 Å². The number of hydrogen-bond acceptors (Lipinski definition) is 2. The maximum Gasteiger partial charge on any atom is 0.0589 e. The van der Waals surface area contributed by atoms with Crippen molar-refractivity contribution in [1.29, 1.82) is 0 Å². The van der Waals surface area contributed by atoms with E-state index in [9.17, 15) is 0 Å². The molecule has 0 atom stereocenters. The highest BCUT2D eigenvalue weighted by atomic mass is 14.9. The van der Waals surface area contributed by atoms with E-state index in [0.29, 0.717) is 0 Å². The summed E-state index contributed by atoms with van der Waals surface area (Å²) in [4.78, 5) is 8.58. The van der Waals surface area contributed by atoms with Crippen LogP contribution in [0.2, 0.25) is 0 Å². The third-order valence-electron chi connectivity index (χ3n) is 1.50. The molecule has 1 aliphatic rings. The van der Waals surface area contributed by atoms with Gasteiger partial charge in [0.25, 0.3) is 0 Å². The third kappa shape index (κ3) is 1.37. The molecule has 2 heteroatoms. The molecule has 0 saturated heterocycles. The number of nitrogens with zero attached hydrogens (tertiary/aromatic N) is 2. The maximum atomic E-state index is 4.31. The Hall–Kier alpha value is -0.660. The Kier molecular flexibility index (Phi) is 1.98. The lowest BCUT2D eigenvalue weighted by Crippen LogP contribution is -2.15. The minimum absolute atomic E-state index is 0.884. The van der Waals surface area contributed by atoms with Crippen LogP contribution < -0.4 is 0 Å². The Balaban J connectivity index is 2.68. The fourth-order valence-corrected chi connectivity index (χ4v) is 0.976. The Morgan fingerprint density at radius 3 is 2.44 bits per heavy atom. The lowest BCUT2D eigenvalue weighted by atomic mass is 10.2. The first-order valence-electron chi connectivity index (χ1n) is 3.39. The van der Waals surface area contributed by atoms with Gasteiger partial charge in [0, 0.05) is 0 Å². The lowest BCUT2D eigenvalue weighted by molar-refractivity contribution is 0.952. The van der Waals surface area contributed by atoms with E-state index in [4.69, 9.17) is 0 Å². The molecule has 0 amide bonds. The number of aliphatic imine (C=N–C) groups is 2. The van der Waals surface area contributed by atoms with E-state index < -0.39 is 0 Å². The molecule has 2 nitrogen and oxygen atoms in total. The first-order chi connectivity index (χ1) is 4.34. The van der Waals surface area contributed by atoms with Crippen LogP contribution in [0.4, 0.5) is 0 Å². The molecule has 0 bridgehead atoms. The van der Waals surface area contributed by atoms with E-state index >= 15 is 0 Å². The highest BCUT2D eigenvalue weighted by Crippen LogP contribution is 1.96. The molecule has 0 aromatic carbocycles. The third-order valence-corrected chi connectivity index (χ3v) is 1.50. The number of rotatable bonds is 1. The molecule has 0 saturated carbocycles. The highest BCUT2D eigenvalue weighted by molar-refractivity contribution is 6.41. The van der Waals surface area contributed by atoms with E-state index in [1.54, 1.807) is 0 Å². The Labute approximate surface area is 55.7 Å². The monoisotopic (exact) mass is 124 g/mol. The molecule has 1 rings (SSSR count). The van der Waals surface area contributed by atoms with Gasteiger partial charge in [-0.3, -0.25) is 9.98 Å². The van der Waals surface area contributed by atoms with Crippen LogP contribution in [0, 0.1) is 0 Å². The van der Waals surface area contributed by atoms with Gasteiger partial charge in [-0.15, -0.1) is 0 Å². The minimum Gasteiger partial charge on any atom is -0.286 e. The van der Waals surface area contributed by atoms with Crippen LogP contribution in [0.3, 0.4) is 0 Å². The molecule has 0 aromatic heterocycles. The second-order valence-corrected chi connectivity index (χ2v) is 2.15. The van der Waals surface area contributed by atoms with Crippen LogP contribution in [-0.2, 0) is 0 Å². The molecule has 0 aromatic rings. The van der Waals surface area contributed by atoms with Crippen molar-refractivity contribution in [2.45, 2.75) is 20.3 Å². The van der Waals surface area contributed by atoms with Crippen molar-refractivity contribution in [2.24, 2.45) is 9.98 Å². The van der Waals surface area contributed by atoms with Gasteiger partial charge >= 0.3 is 0 Å². The largest absolute Gasteiger partial charge is 0.286 e. The Morgan fingerprint density at radius 2 is 2.00 bits per heavy atom. The summed E-state index contributed by atoms with van der Waals surface area (Å²) in [6.45, 7) is 5.92. The zero-order chi connectivity index (χ0) is 6.69. The Bertz CT molecular complexity index is 156. The van der Waals surface area contributed by atoms with Crippen molar-refractivity contribution < 1.29 is 0 Å². The molecule has 50 valence electrons. The van der Waals surface area contributed by atoms with Crippen LogP contribution >= 0.6 is 0 Å². The fraction of sp³-hybridized carbons (Fsp3) is 0.714. The van der Waals surface area contributed by atoms with Crippen molar-refractivity contribution in [2.75, 3.05) is 13.1 Å². The maximum absolute atomic E-state index is 4.31. The van der Waals surface area contributed by atoms with Gasteiger partial charge in [0.05, 0.1) is 24.5 Å². The first kappa shape index (κ1) is 6.46. The van der Waals surface area contributed by atoms with Gasteiger partial charge in [0.2, 0.25) is 0 Å². The van der Waals surface area contributed by atoms with Gasteiger partial charge < -0.3 is 0 Å². The second-order valence-electron chi connectivity index (χ2n) is 2.15. The van der Waals surface area contributed by atoms with E-state index in [0.717, 1.165) is 25.2 Å².